The molecular formula is C5H2BrN3S. The summed E-state index contributed by atoms with van der Waals surface area (Å²) in [7, 11) is 0. The highest BCUT2D eigenvalue weighted by molar-refractivity contribution is 9.10. The summed E-state index contributed by atoms with van der Waals surface area (Å²) in [5.41, 5.74) is 0.840. The second-order valence-electron chi connectivity index (χ2n) is 1.72. The van der Waals surface area contributed by atoms with Crippen LogP contribution in [0.1, 0.15) is 0 Å². The van der Waals surface area contributed by atoms with E-state index in [1.54, 1.807) is 6.20 Å². The van der Waals surface area contributed by atoms with Crippen LogP contribution >= 0.6 is 27.5 Å². The van der Waals surface area contributed by atoms with Gasteiger partial charge >= 0.3 is 0 Å². The van der Waals surface area contributed by atoms with Crippen LogP contribution in [0.5, 0.6) is 0 Å². The molecule has 0 saturated carbocycles. The predicted molar refractivity (Wildman–Crippen MR) is 42.9 cm³/mol. The molecule has 0 atom stereocenters. The van der Waals surface area contributed by atoms with Crippen LogP contribution in [0.3, 0.4) is 0 Å². The zero-order valence-electron chi connectivity index (χ0n) is 4.78. The van der Waals surface area contributed by atoms with Gasteiger partial charge in [0.25, 0.3) is 0 Å². The zero-order valence-corrected chi connectivity index (χ0v) is 7.19. The fourth-order valence-electron chi connectivity index (χ4n) is 0.682. The third-order valence-electron chi connectivity index (χ3n) is 1.12. The molecule has 2 rings (SSSR count). The number of hydrogen-bond acceptors (Lipinski definition) is 4. The molecule has 0 aromatic carbocycles. The summed E-state index contributed by atoms with van der Waals surface area (Å²) in [6, 6.07) is 1.89. The van der Waals surface area contributed by atoms with Gasteiger partial charge in [0.1, 0.15) is 10.1 Å². The Morgan fingerprint density at radius 1 is 1.50 bits per heavy atom. The number of nitrogens with zero attached hydrogens (tertiary/aromatic N) is 3. The van der Waals surface area contributed by atoms with Crippen molar-refractivity contribution in [2.24, 2.45) is 0 Å². The molecule has 50 valence electrons. The van der Waals surface area contributed by atoms with Crippen LogP contribution in [-0.2, 0) is 0 Å². The first-order valence-corrected chi connectivity index (χ1v) is 4.17. The smallest absolute Gasteiger partial charge is 0.138 e. The van der Waals surface area contributed by atoms with Gasteiger partial charge in [-0.15, -0.1) is 5.10 Å². The molecule has 5 heteroatoms. The van der Waals surface area contributed by atoms with E-state index in [0.717, 1.165) is 14.8 Å². The van der Waals surface area contributed by atoms with E-state index in [9.17, 15) is 0 Å². The van der Waals surface area contributed by atoms with Gasteiger partial charge in [0, 0.05) is 6.20 Å². The minimum Gasteiger partial charge on any atom is -0.247 e. The molecule has 2 aromatic heterocycles. The molecule has 0 aliphatic rings. The predicted octanol–water partition coefficient (Wildman–Crippen LogP) is 1.85. The Morgan fingerprint density at radius 2 is 2.40 bits per heavy atom. The summed E-state index contributed by atoms with van der Waals surface area (Å²) in [4.78, 5) is 4.00. The van der Waals surface area contributed by atoms with E-state index in [1.165, 1.54) is 11.5 Å². The van der Waals surface area contributed by atoms with Gasteiger partial charge < -0.3 is 0 Å². The highest BCUT2D eigenvalue weighted by atomic mass is 79.9. The molecule has 3 nitrogen and oxygen atoms in total. The van der Waals surface area contributed by atoms with Crippen LogP contribution in [-0.4, -0.2) is 14.6 Å². The lowest BCUT2D eigenvalue weighted by atomic mass is 10.5. The Bertz CT molecular complexity index is 358. The monoisotopic (exact) mass is 215 g/mol. The normalized spacial score (nSPS) is 10.5. The molecule has 0 amide bonds. The van der Waals surface area contributed by atoms with E-state index >= 15 is 0 Å². The highest BCUT2D eigenvalue weighted by Gasteiger charge is 2.00. The van der Waals surface area contributed by atoms with Crippen molar-refractivity contribution in [3.05, 3.63) is 16.9 Å². The molecule has 10 heavy (non-hydrogen) atoms. The number of hydrogen-bond donors (Lipinski definition) is 0. The zero-order chi connectivity index (χ0) is 6.97. The topological polar surface area (TPSA) is 38.7 Å². The maximum atomic E-state index is 4.00. The molecule has 0 radical (unpaired) electrons. The van der Waals surface area contributed by atoms with Crippen molar-refractivity contribution in [3.8, 4) is 0 Å². The quantitative estimate of drug-likeness (QED) is 0.630. The lowest BCUT2D eigenvalue weighted by Gasteiger charge is -1.85. The molecule has 0 bridgehead atoms. The van der Waals surface area contributed by atoms with Gasteiger partial charge in [-0.25, -0.2) is 4.98 Å². The molecule has 0 fully saturated rings. The molecule has 0 saturated heterocycles. The Kier molecular flexibility index (Phi) is 1.39. The molecule has 0 aliphatic heterocycles. The second kappa shape index (κ2) is 2.25. The fourth-order valence-corrected chi connectivity index (χ4v) is 1.78. The van der Waals surface area contributed by atoms with E-state index in [-0.39, 0.29) is 0 Å². The van der Waals surface area contributed by atoms with E-state index in [2.05, 4.69) is 30.5 Å². The van der Waals surface area contributed by atoms with E-state index in [4.69, 9.17) is 0 Å². The van der Waals surface area contributed by atoms with Crippen LogP contribution < -0.4 is 0 Å². The highest BCUT2D eigenvalue weighted by Crippen LogP contribution is 2.20. The van der Waals surface area contributed by atoms with Crippen LogP contribution in [0.25, 0.3) is 10.2 Å². The maximum absolute atomic E-state index is 4.00. The van der Waals surface area contributed by atoms with Gasteiger partial charge in [0.05, 0.1) is 4.70 Å². The number of fused-ring (bicyclic) bond motifs is 1. The Hall–Kier alpha value is -0.550. The van der Waals surface area contributed by atoms with Crippen LogP contribution in [0, 0.1) is 0 Å². The lowest BCUT2D eigenvalue weighted by Crippen LogP contribution is -1.75. The van der Waals surface area contributed by atoms with Gasteiger partial charge in [-0.1, -0.05) is 4.49 Å². The average Bonchev–Trinajstić information content (AvgIpc) is 2.36. The van der Waals surface area contributed by atoms with Crippen molar-refractivity contribution < 1.29 is 0 Å². The van der Waals surface area contributed by atoms with E-state index < -0.39 is 0 Å². The van der Waals surface area contributed by atoms with Crippen molar-refractivity contribution in [1.29, 1.82) is 0 Å². The molecule has 0 unspecified atom stereocenters. The van der Waals surface area contributed by atoms with Crippen molar-refractivity contribution in [3.63, 3.8) is 0 Å². The minimum absolute atomic E-state index is 0.763. The summed E-state index contributed by atoms with van der Waals surface area (Å²) in [5.74, 6) is 0. The lowest BCUT2D eigenvalue weighted by molar-refractivity contribution is 1.17. The molecule has 0 spiro atoms. The van der Waals surface area contributed by atoms with Crippen LogP contribution in [0.15, 0.2) is 16.9 Å². The first kappa shape index (κ1) is 6.18. The summed E-state index contributed by atoms with van der Waals surface area (Å²) < 4.78 is 5.60. The standard InChI is InChI=1S/C5H2BrN3S/c6-5-4-3(1-2-7-5)10-9-8-4/h1-2H. The Labute approximate surface area is 69.4 Å². The summed E-state index contributed by atoms with van der Waals surface area (Å²) in [6.45, 7) is 0. The van der Waals surface area contributed by atoms with Gasteiger partial charge in [-0.2, -0.15) is 0 Å². The molecule has 0 N–H and O–H groups in total. The Morgan fingerprint density at radius 3 is 3.20 bits per heavy atom. The van der Waals surface area contributed by atoms with Gasteiger partial charge in [-0.05, 0) is 33.5 Å². The first-order chi connectivity index (χ1) is 4.88. The molecule has 0 aliphatic carbocycles. The maximum Gasteiger partial charge on any atom is 0.138 e. The summed E-state index contributed by atoms with van der Waals surface area (Å²) in [5, 5.41) is 3.88. The number of halogens is 1. The van der Waals surface area contributed by atoms with Gasteiger partial charge in [-0.3, -0.25) is 0 Å². The number of aromatic nitrogens is 3. The van der Waals surface area contributed by atoms with Gasteiger partial charge in [0.2, 0.25) is 0 Å². The third-order valence-corrected chi connectivity index (χ3v) is 2.39. The van der Waals surface area contributed by atoms with E-state index in [0.29, 0.717) is 0 Å². The molecular weight excluding hydrogens is 214 g/mol. The van der Waals surface area contributed by atoms with E-state index in [1.807, 2.05) is 6.07 Å². The van der Waals surface area contributed by atoms with Crippen LogP contribution in [0.2, 0.25) is 0 Å². The molecule has 2 heterocycles. The number of rotatable bonds is 0. The summed E-state index contributed by atoms with van der Waals surface area (Å²) in [6.07, 6.45) is 1.73. The largest absolute Gasteiger partial charge is 0.247 e. The Balaban J connectivity index is 2.95. The SMILES string of the molecule is Brc1nccc2snnc12. The van der Waals surface area contributed by atoms with Crippen molar-refractivity contribution in [1.82, 2.24) is 14.6 Å². The fraction of sp³-hybridized carbons (Fsp3) is 0. The third kappa shape index (κ3) is 0.819. The first-order valence-electron chi connectivity index (χ1n) is 2.60. The van der Waals surface area contributed by atoms with Gasteiger partial charge in [0.15, 0.2) is 0 Å². The minimum atomic E-state index is 0.763. The van der Waals surface area contributed by atoms with Crippen molar-refractivity contribution in [2.75, 3.05) is 0 Å². The molecule has 2 aromatic rings. The summed E-state index contributed by atoms with van der Waals surface area (Å²) >= 11 is 4.64. The number of pyridine rings is 1. The van der Waals surface area contributed by atoms with Crippen LogP contribution in [0.4, 0.5) is 0 Å². The van der Waals surface area contributed by atoms with Crippen molar-refractivity contribution >= 4 is 37.7 Å². The second-order valence-corrected chi connectivity index (χ2v) is 3.26. The average molecular weight is 216 g/mol. The van der Waals surface area contributed by atoms with Crippen molar-refractivity contribution in [2.45, 2.75) is 0 Å².